The number of aryl methyl sites for hydroxylation is 1. The number of fused-ring (bicyclic) bond motifs is 6. The molecule has 2 bridgehead atoms. The number of aromatic nitrogens is 2. The SMILES string of the molecule is Cc1nc2cc3c(cc2nc1-c1ccccc1)C1CCC3C1. The highest BCUT2D eigenvalue weighted by atomic mass is 14.8. The van der Waals surface area contributed by atoms with Crippen LogP contribution in [0.2, 0.25) is 0 Å². The summed E-state index contributed by atoms with van der Waals surface area (Å²) < 4.78 is 0. The minimum Gasteiger partial charge on any atom is -0.249 e. The van der Waals surface area contributed by atoms with Gasteiger partial charge >= 0.3 is 0 Å². The van der Waals surface area contributed by atoms with Crippen LogP contribution in [0.25, 0.3) is 22.3 Å². The van der Waals surface area contributed by atoms with Crippen LogP contribution in [-0.2, 0) is 0 Å². The number of nitrogens with zero attached hydrogens (tertiary/aromatic N) is 2. The molecule has 1 fully saturated rings. The first-order valence-electron chi connectivity index (χ1n) is 8.17. The summed E-state index contributed by atoms with van der Waals surface area (Å²) in [6.07, 6.45) is 4.06. The maximum Gasteiger partial charge on any atom is 0.0922 e. The number of hydrogen-bond acceptors (Lipinski definition) is 2. The Morgan fingerprint density at radius 2 is 1.50 bits per heavy atom. The van der Waals surface area contributed by atoms with Crippen LogP contribution in [0.5, 0.6) is 0 Å². The van der Waals surface area contributed by atoms with Crippen molar-refractivity contribution in [2.24, 2.45) is 0 Å². The minimum absolute atomic E-state index is 0.771. The normalized spacial score (nSPS) is 22.2. The number of hydrogen-bond donors (Lipinski definition) is 0. The van der Waals surface area contributed by atoms with Crippen LogP contribution >= 0.6 is 0 Å². The molecule has 2 aliphatic carbocycles. The van der Waals surface area contributed by atoms with Crippen LogP contribution in [0.4, 0.5) is 0 Å². The first-order chi connectivity index (χ1) is 10.8. The zero-order chi connectivity index (χ0) is 14.7. The van der Waals surface area contributed by atoms with E-state index in [-0.39, 0.29) is 0 Å². The maximum atomic E-state index is 4.94. The van der Waals surface area contributed by atoms with Gasteiger partial charge in [0.2, 0.25) is 0 Å². The fourth-order valence-electron chi connectivity index (χ4n) is 4.35. The molecule has 5 rings (SSSR count). The minimum atomic E-state index is 0.771. The van der Waals surface area contributed by atoms with E-state index in [4.69, 9.17) is 9.97 Å². The standard InChI is InChI=1S/C20H18N2/c1-12-20(13-5-3-2-4-6-13)22-19-11-17-15-8-7-14(9-15)16(17)10-18(19)21-12/h2-6,10-11,14-15H,7-9H2,1H3. The van der Waals surface area contributed by atoms with Crippen LogP contribution in [0.3, 0.4) is 0 Å². The molecule has 0 amide bonds. The highest BCUT2D eigenvalue weighted by Gasteiger charge is 2.37. The van der Waals surface area contributed by atoms with E-state index < -0.39 is 0 Å². The summed E-state index contributed by atoms with van der Waals surface area (Å²) in [6, 6.07) is 15.0. The van der Waals surface area contributed by atoms with Crippen molar-refractivity contribution in [3.8, 4) is 11.3 Å². The highest BCUT2D eigenvalue weighted by Crippen LogP contribution is 2.53. The van der Waals surface area contributed by atoms with E-state index in [0.717, 1.165) is 39.8 Å². The Bertz CT molecular complexity index is 883. The Labute approximate surface area is 130 Å². The van der Waals surface area contributed by atoms with Gasteiger partial charge in [-0.25, -0.2) is 9.97 Å². The van der Waals surface area contributed by atoms with Crippen LogP contribution in [0, 0.1) is 6.92 Å². The molecule has 22 heavy (non-hydrogen) atoms. The molecule has 1 saturated carbocycles. The Balaban J connectivity index is 1.74. The first-order valence-corrected chi connectivity index (χ1v) is 8.17. The van der Waals surface area contributed by atoms with E-state index in [1.165, 1.54) is 19.3 Å². The van der Waals surface area contributed by atoms with Gasteiger partial charge in [0.25, 0.3) is 0 Å². The third kappa shape index (κ3) is 1.67. The number of rotatable bonds is 1. The van der Waals surface area contributed by atoms with Gasteiger partial charge in [-0.3, -0.25) is 0 Å². The molecule has 2 aromatic carbocycles. The van der Waals surface area contributed by atoms with Gasteiger partial charge in [0.15, 0.2) is 0 Å². The summed E-state index contributed by atoms with van der Waals surface area (Å²) in [6.45, 7) is 2.06. The molecule has 1 heterocycles. The summed E-state index contributed by atoms with van der Waals surface area (Å²) >= 11 is 0. The molecular weight excluding hydrogens is 268 g/mol. The second-order valence-corrected chi connectivity index (χ2v) is 6.70. The van der Waals surface area contributed by atoms with Crippen molar-refractivity contribution in [1.82, 2.24) is 9.97 Å². The molecule has 2 nitrogen and oxygen atoms in total. The second kappa shape index (κ2) is 4.39. The molecule has 0 N–H and O–H groups in total. The average molecular weight is 286 g/mol. The molecule has 108 valence electrons. The third-order valence-electron chi connectivity index (χ3n) is 5.40. The molecule has 0 aliphatic heterocycles. The van der Waals surface area contributed by atoms with Gasteiger partial charge in [0, 0.05) is 5.56 Å². The lowest BCUT2D eigenvalue weighted by Crippen LogP contribution is -2.01. The molecule has 2 unspecified atom stereocenters. The summed E-state index contributed by atoms with van der Waals surface area (Å²) in [5.74, 6) is 1.55. The lowest BCUT2D eigenvalue weighted by molar-refractivity contribution is 0.718. The molecule has 2 atom stereocenters. The summed E-state index contributed by atoms with van der Waals surface area (Å²) in [5.41, 5.74) is 8.37. The van der Waals surface area contributed by atoms with Crippen molar-refractivity contribution in [2.75, 3.05) is 0 Å². The predicted molar refractivity (Wildman–Crippen MR) is 89.0 cm³/mol. The first kappa shape index (κ1) is 12.3. The predicted octanol–water partition coefficient (Wildman–Crippen LogP) is 4.97. The van der Waals surface area contributed by atoms with Gasteiger partial charge < -0.3 is 0 Å². The smallest absolute Gasteiger partial charge is 0.0922 e. The van der Waals surface area contributed by atoms with E-state index in [9.17, 15) is 0 Å². The van der Waals surface area contributed by atoms with Crippen LogP contribution in [0.15, 0.2) is 42.5 Å². The van der Waals surface area contributed by atoms with Crippen molar-refractivity contribution < 1.29 is 0 Å². The van der Waals surface area contributed by atoms with E-state index >= 15 is 0 Å². The van der Waals surface area contributed by atoms with Gasteiger partial charge in [-0.2, -0.15) is 0 Å². The third-order valence-corrected chi connectivity index (χ3v) is 5.40. The van der Waals surface area contributed by atoms with Crippen molar-refractivity contribution >= 4 is 11.0 Å². The summed E-state index contributed by atoms with van der Waals surface area (Å²) in [4.78, 5) is 9.79. The molecule has 3 aromatic rings. The molecule has 2 heteroatoms. The number of benzene rings is 2. The van der Waals surface area contributed by atoms with Gasteiger partial charge in [-0.1, -0.05) is 30.3 Å². The van der Waals surface area contributed by atoms with Crippen LogP contribution in [-0.4, -0.2) is 9.97 Å². The Morgan fingerprint density at radius 3 is 2.18 bits per heavy atom. The van der Waals surface area contributed by atoms with Gasteiger partial charge in [0.1, 0.15) is 0 Å². The van der Waals surface area contributed by atoms with E-state index in [0.29, 0.717) is 0 Å². The van der Waals surface area contributed by atoms with E-state index in [1.54, 1.807) is 11.1 Å². The zero-order valence-corrected chi connectivity index (χ0v) is 12.7. The Hall–Kier alpha value is -2.22. The van der Waals surface area contributed by atoms with Gasteiger partial charge in [0.05, 0.1) is 22.4 Å². The van der Waals surface area contributed by atoms with Crippen molar-refractivity contribution in [1.29, 1.82) is 0 Å². The van der Waals surface area contributed by atoms with Crippen molar-refractivity contribution in [2.45, 2.75) is 38.0 Å². The Kier molecular flexibility index (Phi) is 2.46. The highest BCUT2D eigenvalue weighted by molar-refractivity contribution is 5.81. The second-order valence-electron chi connectivity index (χ2n) is 6.70. The molecule has 0 spiro atoms. The largest absolute Gasteiger partial charge is 0.249 e. The molecule has 2 aliphatic rings. The maximum absolute atomic E-state index is 4.94. The lowest BCUT2D eigenvalue weighted by atomic mass is 9.91. The summed E-state index contributed by atoms with van der Waals surface area (Å²) in [5, 5.41) is 0. The van der Waals surface area contributed by atoms with Gasteiger partial charge in [-0.15, -0.1) is 0 Å². The quantitative estimate of drug-likeness (QED) is 0.631. The fraction of sp³-hybridized carbons (Fsp3) is 0.300. The molecule has 0 saturated heterocycles. The average Bonchev–Trinajstić information content (AvgIpc) is 3.15. The van der Waals surface area contributed by atoms with E-state index in [1.807, 2.05) is 6.07 Å². The topological polar surface area (TPSA) is 25.8 Å². The molecular formula is C20H18N2. The van der Waals surface area contributed by atoms with Crippen LogP contribution < -0.4 is 0 Å². The molecule has 1 aromatic heterocycles. The lowest BCUT2D eigenvalue weighted by Gasteiger charge is -2.16. The van der Waals surface area contributed by atoms with E-state index in [2.05, 4.69) is 43.3 Å². The fourth-order valence-corrected chi connectivity index (χ4v) is 4.35. The monoisotopic (exact) mass is 286 g/mol. The Morgan fingerprint density at radius 1 is 0.864 bits per heavy atom. The summed E-state index contributed by atoms with van der Waals surface area (Å²) in [7, 11) is 0. The van der Waals surface area contributed by atoms with Crippen molar-refractivity contribution in [3.05, 3.63) is 59.3 Å². The van der Waals surface area contributed by atoms with Crippen molar-refractivity contribution in [3.63, 3.8) is 0 Å². The van der Waals surface area contributed by atoms with Gasteiger partial charge in [-0.05, 0) is 61.3 Å². The zero-order valence-electron chi connectivity index (χ0n) is 12.7. The molecule has 0 radical (unpaired) electrons. The van der Waals surface area contributed by atoms with Crippen LogP contribution in [0.1, 0.15) is 47.9 Å².